The predicted molar refractivity (Wildman–Crippen MR) is 92.1 cm³/mol. The van der Waals surface area contributed by atoms with Gasteiger partial charge >= 0.3 is 0 Å². The summed E-state index contributed by atoms with van der Waals surface area (Å²) < 4.78 is 5.47. The van der Waals surface area contributed by atoms with Gasteiger partial charge in [0.2, 0.25) is 5.91 Å². The fraction of sp³-hybridized carbons (Fsp3) is 0.737. The van der Waals surface area contributed by atoms with Crippen LogP contribution < -0.4 is 0 Å². The summed E-state index contributed by atoms with van der Waals surface area (Å²) in [5.74, 6) is 2.29. The van der Waals surface area contributed by atoms with Crippen molar-refractivity contribution in [2.45, 2.75) is 57.9 Å². The highest BCUT2D eigenvalue weighted by atomic mass is 16.3. The van der Waals surface area contributed by atoms with Crippen LogP contribution in [0.4, 0.5) is 0 Å². The Morgan fingerprint density at radius 2 is 2.12 bits per heavy atom. The first kappa shape index (κ1) is 16.6. The van der Waals surface area contributed by atoms with E-state index in [1.54, 1.807) is 0 Å². The van der Waals surface area contributed by atoms with Crippen LogP contribution in [0.25, 0.3) is 0 Å². The molecule has 1 saturated carbocycles. The zero-order chi connectivity index (χ0) is 17.6. The van der Waals surface area contributed by atoms with E-state index in [-0.39, 0.29) is 17.9 Å². The minimum Gasteiger partial charge on any atom is -0.447 e. The molecule has 0 radical (unpaired) electrons. The molecule has 2 atom stereocenters. The van der Waals surface area contributed by atoms with E-state index in [0.717, 1.165) is 44.5 Å². The fourth-order valence-electron chi connectivity index (χ4n) is 4.37. The second-order valence-electron chi connectivity index (χ2n) is 8.19. The highest BCUT2D eigenvalue weighted by molar-refractivity contribution is 5.93. The van der Waals surface area contributed by atoms with E-state index in [0.29, 0.717) is 36.4 Å². The topological polar surface area (TPSA) is 66.7 Å². The zero-order valence-electron chi connectivity index (χ0n) is 15.1. The molecule has 0 bridgehead atoms. The number of amides is 2. The molecule has 2 amide bonds. The zero-order valence-corrected chi connectivity index (χ0v) is 15.1. The third-order valence-electron chi connectivity index (χ3n) is 5.74. The van der Waals surface area contributed by atoms with Gasteiger partial charge in [-0.15, -0.1) is 0 Å². The van der Waals surface area contributed by atoms with Crippen molar-refractivity contribution in [1.82, 2.24) is 14.8 Å². The van der Waals surface area contributed by atoms with E-state index in [9.17, 15) is 9.59 Å². The maximum Gasteiger partial charge on any atom is 0.276 e. The summed E-state index contributed by atoms with van der Waals surface area (Å²) in [7, 11) is 0. The van der Waals surface area contributed by atoms with E-state index in [1.807, 2.05) is 4.90 Å². The molecule has 25 heavy (non-hydrogen) atoms. The number of oxazole rings is 1. The van der Waals surface area contributed by atoms with Gasteiger partial charge in [-0.2, -0.15) is 0 Å². The van der Waals surface area contributed by atoms with Crippen molar-refractivity contribution in [3.63, 3.8) is 0 Å². The van der Waals surface area contributed by atoms with Crippen molar-refractivity contribution in [1.29, 1.82) is 0 Å². The molecule has 0 aromatic carbocycles. The van der Waals surface area contributed by atoms with Crippen LogP contribution >= 0.6 is 0 Å². The lowest BCUT2D eigenvalue weighted by atomic mass is 9.83. The van der Waals surface area contributed by atoms with Crippen LogP contribution in [-0.2, 0) is 4.79 Å². The highest BCUT2D eigenvalue weighted by Gasteiger charge is 2.42. The van der Waals surface area contributed by atoms with Crippen LogP contribution in [0.3, 0.4) is 0 Å². The van der Waals surface area contributed by atoms with E-state index in [1.165, 1.54) is 6.39 Å². The molecule has 6 heteroatoms. The number of fused-ring (bicyclic) bond motifs is 1. The Balaban J connectivity index is 1.46. The van der Waals surface area contributed by atoms with Gasteiger partial charge in [-0.25, -0.2) is 4.98 Å². The van der Waals surface area contributed by atoms with E-state index in [2.05, 4.69) is 23.7 Å². The molecule has 1 aromatic heterocycles. The van der Waals surface area contributed by atoms with Gasteiger partial charge in [0.15, 0.2) is 12.1 Å². The minimum absolute atomic E-state index is 0.00131. The predicted octanol–water partition coefficient (Wildman–Crippen LogP) is 2.66. The van der Waals surface area contributed by atoms with Gasteiger partial charge in [0, 0.05) is 38.0 Å². The number of piperidine rings is 2. The van der Waals surface area contributed by atoms with Crippen LogP contribution in [0.5, 0.6) is 0 Å². The van der Waals surface area contributed by atoms with Crippen molar-refractivity contribution in [3.8, 4) is 0 Å². The third-order valence-corrected chi connectivity index (χ3v) is 5.74. The van der Waals surface area contributed by atoms with Crippen LogP contribution in [0.15, 0.2) is 10.8 Å². The summed E-state index contributed by atoms with van der Waals surface area (Å²) in [5, 5.41) is 0. The summed E-state index contributed by atoms with van der Waals surface area (Å²) in [5.41, 5.74) is 0.506. The number of rotatable bonds is 4. The molecule has 6 nitrogen and oxygen atoms in total. The number of carbonyl (C=O) groups excluding carboxylic acids is 2. The van der Waals surface area contributed by atoms with Crippen molar-refractivity contribution in [2.24, 2.45) is 11.8 Å². The van der Waals surface area contributed by atoms with Gasteiger partial charge < -0.3 is 14.2 Å². The minimum atomic E-state index is 0.00131. The van der Waals surface area contributed by atoms with E-state index < -0.39 is 0 Å². The molecule has 3 fully saturated rings. The fourth-order valence-corrected chi connectivity index (χ4v) is 4.37. The summed E-state index contributed by atoms with van der Waals surface area (Å²) in [6.07, 6.45) is 5.94. The first-order valence-electron chi connectivity index (χ1n) is 9.56. The normalized spacial score (nSPS) is 26.9. The summed E-state index contributed by atoms with van der Waals surface area (Å²) in [6.45, 7) is 6.54. The molecule has 3 heterocycles. The molecular weight excluding hydrogens is 318 g/mol. The quantitative estimate of drug-likeness (QED) is 0.841. The standard InChI is InChI=1S/C19H27N3O3/c1-12(2)9-22-15-7-8-21(10-14(15)5-6-16(22)23)19(24)17-18(13-3-4-13)25-11-20-17/h11-15H,3-10H2,1-2H3/t14-,15+/m0/s1. The summed E-state index contributed by atoms with van der Waals surface area (Å²) in [4.78, 5) is 33.5. The van der Waals surface area contributed by atoms with Gasteiger partial charge in [-0.05, 0) is 37.5 Å². The van der Waals surface area contributed by atoms with Gasteiger partial charge in [0.05, 0.1) is 0 Å². The SMILES string of the molecule is CC(C)CN1C(=O)CC[C@H]2CN(C(=O)c3ncoc3C3CC3)CC[C@H]21. The largest absolute Gasteiger partial charge is 0.447 e. The molecule has 2 aliphatic heterocycles. The third kappa shape index (κ3) is 3.18. The van der Waals surface area contributed by atoms with Crippen molar-refractivity contribution in [2.75, 3.05) is 19.6 Å². The van der Waals surface area contributed by atoms with Gasteiger partial charge in [-0.3, -0.25) is 9.59 Å². The Bertz CT molecular complexity index is 665. The van der Waals surface area contributed by atoms with Gasteiger partial charge in [-0.1, -0.05) is 13.8 Å². The average Bonchev–Trinajstić information content (AvgIpc) is 3.33. The van der Waals surface area contributed by atoms with E-state index in [4.69, 9.17) is 4.42 Å². The second-order valence-corrected chi connectivity index (χ2v) is 8.19. The lowest BCUT2D eigenvalue weighted by Gasteiger charge is -2.47. The molecule has 0 N–H and O–H groups in total. The molecule has 1 aliphatic carbocycles. The molecule has 3 aliphatic rings. The molecule has 0 unspecified atom stereocenters. The highest BCUT2D eigenvalue weighted by Crippen LogP contribution is 2.42. The second kappa shape index (κ2) is 6.46. The van der Waals surface area contributed by atoms with Crippen LogP contribution in [-0.4, -0.2) is 52.3 Å². The number of nitrogens with zero attached hydrogens (tertiary/aromatic N) is 3. The Morgan fingerprint density at radius 3 is 2.84 bits per heavy atom. The molecule has 136 valence electrons. The van der Waals surface area contributed by atoms with E-state index >= 15 is 0 Å². The summed E-state index contributed by atoms with van der Waals surface area (Å²) in [6, 6.07) is 0.285. The van der Waals surface area contributed by atoms with Crippen molar-refractivity contribution in [3.05, 3.63) is 17.8 Å². The van der Waals surface area contributed by atoms with Gasteiger partial charge in [0.1, 0.15) is 5.76 Å². The lowest BCUT2D eigenvalue weighted by Crippen LogP contribution is -2.57. The molecule has 4 rings (SSSR count). The Hall–Kier alpha value is -1.85. The van der Waals surface area contributed by atoms with Crippen LogP contribution in [0.1, 0.15) is 68.1 Å². The Kier molecular flexibility index (Phi) is 4.29. The Labute approximate surface area is 148 Å². The number of hydrogen-bond acceptors (Lipinski definition) is 4. The van der Waals surface area contributed by atoms with Crippen LogP contribution in [0, 0.1) is 11.8 Å². The van der Waals surface area contributed by atoms with Gasteiger partial charge in [0.25, 0.3) is 5.91 Å². The molecule has 1 aromatic rings. The monoisotopic (exact) mass is 345 g/mol. The Morgan fingerprint density at radius 1 is 1.32 bits per heavy atom. The average molecular weight is 345 g/mol. The molecule has 2 saturated heterocycles. The number of hydrogen-bond donors (Lipinski definition) is 0. The van der Waals surface area contributed by atoms with Crippen molar-refractivity contribution < 1.29 is 14.0 Å². The summed E-state index contributed by atoms with van der Waals surface area (Å²) >= 11 is 0. The first-order valence-corrected chi connectivity index (χ1v) is 9.56. The number of carbonyl (C=O) groups is 2. The smallest absolute Gasteiger partial charge is 0.276 e. The molecule has 0 spiro atoms. The number of likely N-dealkylation sites (tertiary alicyclic amines) is 2. The van der Waals surface area contributed by atoms with Crippen molar-refractivity contribution >= 4 is 11.8 Å². The maximum absolute atomic E-state index is 12.9. The lowest BCUT2D eigenvalue weighted by molar-refractivity contribution is -0.141. The molecular formula is C19H27N3O3. The first-order chi connectivity index (χ1) is 12.0. The number of aromatic nitrogens is 1. The maximum atomic E-state index is 12.9. The van der Waals surface area contributed by atoms with Crippen LogP contribution in [0.2, 0.25) is 0 Å².